The maximum absolute atomic E-state index is 14.1. The summed E-state index contributed by atoms with van der Waals surface area (Å²) in [6.45, 7) is 22.2. The third-order valence-corrected chi connectivity index (χ3v) is 33.2. The second kappa shape index (κ2) is 40.3. The van der Waals surface area contributed by atoms with Crippen molar-refractivity contribution in [3.05, 3.63) is 233 Å². The van der Waals surface area contributed by atoms with Gasteiger partial charge in [0.25, 0.3) is 43.2 Å². The average molecular weight is 1970 g/mol. The topological polar surface area (TPSA) is 356 Å². The lowest BCUT2D eigenvalue weighted by Gasteiger charge is -2.39. The number of benzene rings is 6. The molecule has 8 aliphatic rings. The minimum Gasteiger partial charge on any atom is -0.493 e. The van der Waals surface area contributed by atoms with Crippen molar-refractivity contribution in [3.8, 4) is 34.5 Å². The fourth-order valence-electron chi connectivity index (χ4n) is 19.7. The number of carbonyl (C=O) groups excluding carboxylic acids is 2. The van der Waals surface area contributed by atoms with Gasteiger partial charge in [-0.1, -0.05) is 92.2 Å². The summed E-state index contributed by atoms with van der Waals surface area (Å²) in [6.07, 6.45) is 20.3. The number of nitro benzene ring substituents is 2. The number of hydrogen-bond donors (Lipinski definition) is 4. The summed E-state index contributed by atoms with van der Waals surface area (Å²) in [5.41, 5.74) is 11.3. The number of nitrogens with zero attached hydrogens (tertiary/aromatic N) is 11. The predicted molar refractivity (Wildman–Crippen MR) is 540 cm³/mol. The predicted octanol–water partition coefficient (Wildman–Crippen LogP) is 16.7. The van der Waals surface area contributed by atoms with E-state index in [-0.39, 0.29) is 81.7 Å². The normalized spacial score (nSPS) is 19.7. The van der Waals surface area contributed by atoms with Gasteiger partial charge in [-0.15, -0.1) is 9.41 Å². The van der Waals surface area contributed by atoms with Crippen molar-refractivity contribution in [2.45, 2.75) is 114 Å². The van der Waals surface area contributed by atoms with Crippen molar-refractivity contribution >= 4 is 142 Å². The van der Waals surface area contributed by atoms with E-state index in [1.54, 1.807) is 54.9 Å². The number of halogens is 2. The monoisotopic (exact) mass is 1970 g/mol. The quantitative estimate of drug-likeness (QED) is 0.0222. The Labute approximate surface area is 804 Å². The number of carbonyl (C=O) groups is 2. The van der Waals surface area contributed by atoms with Crippen LogP contribution < -0.4 is 38.2 Å². The summed E-state index contributed by atoms with van der Waals surface area (Å²) in [5.74, 6) is 8.24. The first kappa shape index (κ1) is 96.8. The molecule has 36 heteroatoms. The van der Waals surface area contributed by atoms with E-state index >= 15 is 0 Å². The van der Waals surface area contributed by atoms with E-state index in [2.05, 4.69) is 135 Å². The zero-order chi connectivity index (χ0) is 95.8. The number of nitro groups is 2. The fraction of sp³-hybridized carbons (Fsp3) is 0.420. The number of piperazine rings is 2. The van der Waals surface area contributed by atoms with Crippen LogP contribution in [-0.2, 0) is 51.8 Å². The molecule has 10 aromatic rings. The minimum absolute atomic E-state index is 0.0267. The molecule has 0 unspecified atom stereocenters. The zero-order valence-electron chi connectivity index (χ0n) is 77.5. The molecule has 2 atom stereocenters. The van der Waals surface area contributed by atoms with E-state index in [1.165, 1.54) is 64.0 Å². The van der Waals surface area contributed by atoms with Gasteiger partial charge >= 0.3 is 0 Å². The number of pyridine rings is 2. The Balaban J connectivity index is 0.000000189. The number of rotatable bonds is 26. The molecule has 30 nitrogen and oxygen atoms in total. The van der Waals surface area contributed by atoms with E-state index in [1.807, 2.05) is 36.4 Å². The molecule has 0 saturated carbocycles. The van der Waals surface area contributed by atoms with Crippen LogP contribution in [0.15, 0.2) is 184 Å². The number of aromatic nitrogens is 4. The van der Waals surface area contributed by atoms with Crippen molar-refractivity contribution in [1.29, 1.82) is 0 Å². The second-order valence-corrected chi connectivity index (χ2v) is 49.4. The molecule has 4 aromatic heterocycles. The van der Waals surface area contributed by atoms with Crippen molar-refractivity contribution < 1.29 is 59.4 Å². The van der Waals surface area contributed by atoms with Crippen LogP contribution in [0, 0.1) is 42.9 Å². The summed E-state index contributed by atoms with van der Waals surface area (Å²) < 4.78 is 102. The lowest BCUT2D eigenvalue weighted by molar-refractivity contribution is -0.386. The molecule has 6 aliphatic heterocycles. The number of amides is 2. The van der Waals surface area contributed by atoms with Crippen LogP contribution >= 0.6 is 23.2 Å². The summed E-state index contributed by atoms with van der Waals surface area (Å²) in [7, 11) is -12.5. The Bertz CT molecular complexity index is 6790. The molecule has 136 heavy (non-hydrogen) atoms. The number of sulfonamides is 2. The Morgan fingerprint density at radius 2 is 1.01 bits per heavy atom. The number of aromatic amines is 2. The number of allylic oxidation sites excluding steroid dienone is 2. The molecule has 4 fully saturated rings. The summed E-state index contributed by atoms with van der Waals surface area (Å²) in [5, 5.41) is 27.9. The number of hydrogen-bond acceptors (Lipinski definition) is 24. The van der Waals surface area contributed by atoms with E-state index in [4.69, 9.17) is 46.5 Å². The maximum Gasteiger partial charge on any atom is 0.277 e. The Hall–Kier alpha value is -10.9. The van der Waals surface area contributed by atoms with E-state index in [0.29, 0.717) is 97.4 Å². The van der Waals surface area contributed by atoms with Gasteiger partial charge in [-0.2, -0.15) is 0 Å². The highest BCUT2D eigenvalue weighted by Crippen LogP contribution is 2.48. The number of nitrogens with one attached hydrogen (secondary N) is 4. The molecule has 0 spiro atoms. The van der Waals surface area contributed by atoms with Gasteiger partial charge in [0.2, 0.25) is 0 Å². The largest absolute Gasteiger partial charge is 0.493 e. The highest BCUT2D eigenvalue weighted by molar-refractivity contribution is 8.01. The first-order valence-electron chi connectivity index (χ1n) is 46.3. The third-order valence-electron chi connectivity index (χ3n) is 27.3. The molecule has 10 heterocycles. The van der Waals surface area contributed by atoms with Crippen molar-refractivity contribution in [2.75, 3.05) is 152 Å². The highest BCUT2D eigenvalue weighted by atomic mass is 35.5. The van der Waals surface area contributed by atoms with Crippen LogP contribution in [0.2, 0.25) is 10.0 Å². The van der Waals surface area contributed by atoms with Gasteiger partial charge < -0.3 is 48.5 Å². The smallest absolute Gasteiger partial charge is 0.277 e. The Morgan fingerprint density at radius 1 is 0.574 bits per heavy atom. The van der Waals surface area contributed by atoms with Crippen LogP contribution in [0.25, 0.3) is 33.2 Å². The molecule has 2 amide bonds. The lowest BCUT2D eigenvalue weighted by atomic mass is 9.72. The first-order chi connectivity index (χ1) is 64.8. The van der Waals surface area contributed by atoms with Crippen LogP contribution in [0.1, 0.15) is 128 Å². The molecule has 4 saturated heterocycles. The van der Waals surface area contributed by atoms with Gasteiger partial charge in [-0.05, 0) is 217 Å². The fourth-order valence-corrected chi connectivity index (χ4v) is 24.4. The van der Waals surface area contributed by atoms with E-state index in [0.717, 1.165) is 168 Å². The molecule has 0 bridgehead atoms. The number of ether oxygens (including phenoxy) is 4. The average Bonchev–Trinajstić information content (AvgIpc) is 0.840. The van der Waals surface area contributed by atoms with Crippen molar-refractivity contribution in [1.82, 2.24) is 49.0 Å². The van der Waals surface area contributed by atoms with Crippen LogP contribution in [-0.4, -0.2) is 242 Å². The Morgan fingerprint density at radius 3 is 1.44 bits per heavy atom. The summed E-state index contributed by atoms with van der Waals surface area (Å²) >= 11 is 12.5. The van der Waals surface area contributed by atoms with Crippen molar-refractivity contribution in [3.63, 3.8) is 0 Å². The zero-order valence-corrected chi connectivity index (χ0v) is 82.3. The number of likely N-dealkylation sites (tertiary alicyclic amines) is 1. The van der Waals surface area contributed by atoms with E-state index in [9.17, 15) is 50.9 Å². The maximum atomic E-state index is 14.1. The second-order valence-electron chi connectivity index (χ2n) is 39.2. The van der Waals surface area contributed by atoms with Crippen LogP contribution in [0.3, 0.4) is 0 Å². The van der Waals surface area contributed by atoms with Crippen LogP contribution in [0.4, 0.5) is 22.7 Å². The number of anilines is 2. The van der Waals surface area contributed by atoms with Gasteiger partial charge in [0, 0.05) is 197 Å². The molecule has 6 aromatic carbocycles. The molecule has 2 aliphatic carbocycles. The first-order valence-corrected chi connectivity index (χ1v) is 54.7. The molecular formula is C100H117Cl2N15O15S4. The summed E-state index contributed by atoms with van der Waals surface area (Å²) in [6, 6.07) is 38.5. The highest BCUT2D eigenvalue weighted by Gasteiger charge is 2.39. The van der Waals surface area contributed by atoms with Gasteiger partial charge in [0.15, 0.2) is 0 Å². The number of piperidine rings is 1. The van der Waals surface area contributed by atoms with E-state index < -0.39 is 76.1 Å². The Kier molecular flexibility index (Phi) is 28.6. The SMILES string of the molecule is C=S(C)(C)=NC1CCN(C[C@H]2COc3cc(S(=O)(=O)NC(=O)c4ccc(N5CCN(CC6=C(c7ccc(Cl)cc7)CC(C)(C)CC6)CC5)cc4Oc4cnc5[nH]ccc5c4)cc([N+](=O)[O-])c3C2)CC1.C=S1(=O)CCN(CC[C@@H]2COc3cc(S(=O)(=O)NC(=O)c4ccc(N5CCN(CC6=C(c7ccc(Cl)cc7)CC(C)(C)CC6)CC5)cc4Oc4cnc5[nH]ccc5c4)cc([N+](=O)[O-])c3C2)CC1. The van der Waals surface area contributed by atoms with Gasteiger partial charge in [-0.3, -0.25) is 48.2 Å². The molecule has 4 N–H and O–H groups in total. The van der Waals surface area contributed by atoms with Gasteiger partial charge in [0.1, 0.15) is 45.8 Å². The lowest BCUT2D eigenvalue weighted by Crippen LogP contribution is -2.47. The minimum atomic E-state index is -4.65. The van der Waals surface area contributed by atoms with Gasteiger partial charge in [-0.25, -0.2) is 36.2 Å². The molecule has 0 radical (unpaired) electrons. The van der Waals surface area contributed by atoms with Crippen LogP contribution in [0.5, 0.6) is 34.5 Å². The molecule has 720 valence electrons. The summed E-state index contributed by atoms with van der Waals surface area (Å²) in [4.78, 5) is 80.0. The van der Waals surface area contributed by atoms with Gasteiger partial charge in [0.05, 0.1) is 73.5 Å². The third kappa shape index (κ3) is 23.6. The molecule has 18 rings (SSSR count). The molecular weight excluding hydrogens is 1850 g/mol. The standard InChI is InChI=1S/C51H61ClN8O7S2.C49H56ClN7O8S2/c1-51(2)16-12-37(45(29-51)35-6-8-38(52)9-7-35)32-58-20-22-59(23-21-58)40-10-11-43(48(26-40)67-41-25-36-13-17-53-49(36)54-30-41)50(61)56-69(64,65)42-27-46(60(62)63)44-24-34(33-66-47(44)28-42)31-57-18-14-39(15-19-57)55-68(3,4)5;1-49(2)13-10-36(43(29-49)34-4-6-37(50)7-5-34)31-55-16-18-56(19-17-55)38-8-9-41(46(26-38)65-39-25-35-11-14-51-47(35)52-30-39)48(58)53-67(62,63)40-27-44(57(59)60)42-24-33(32-64-45(42)28-40)12-15-54-20-22-66(3,61)23-21-54/h6-11,13,17,25-28,30,34,39H,3,12,14-16,18-24,29,31-33H2,1-2,4-5H3,(H,53,54)(H,56,61);4-9,11,14,25-28,30,33H,3,10,12-13,15-24,29,31-32H2,1-2H3,(H,51,52)(H,53,58)/t34-;33-/m00/s1. The number of fused-ring (bicyclic) bond motifs is 4. The number of H-pyrrole nitrogens is 2. The van der Waals surface area contributed by atoms with Crippen molar-refractivity contribution in [2.24, 2.45) is 27.0 Å².